The van der Waals surface area contributed by atoms with Crippen LogP contribution in [-0.4, -0.2) is 95.6 Å². The Morgan fingerprint density at radius 3 is 2.47 bits per heavy atom. The molecule has 0 unspecified atom stereocenters. The number of nitrogens with zero attached hydrogens (tertiary/aromatic N) is 3. The second-order valence-corrected chi connectivity index (χ2v) is 8.68. The molecule has 4 N–H and O–H groups in total. The lowest BCUT2D eigenvalue weighted by Gasteiger charge is -2.29. The van der Waals surface area contributed by atoms with Crippen molar-refractivity contribution in [2.24, 2.45) is 0 Å². The van der Waals surface area contributed by atoms with Gasteiger partial charge in [-0.25, -0.2) is 9.78 Å². The van der Waals surface area contributed by atoms with E-state index in [-0.39, 0.29) is 24.1 Å². The van der Waals surface area contributed by atoms with E-state index >= 15 is 0 Å². The quantitative estimate of drug-likeness (QED) is 0.413. The van der Waals surface area contributed by atoms with Gasteiger partial charge in [-0.05, 0) is 26.0 Å². The number of aromatic carboxylic acids is 1. The lowest BCUT2D eigenvalue weighted by molar-refractivity contribution is -0.125. The van der Waals surface area contributed by atoms with Gasteiger partial charge < -0.3 is 21.1 Å². The van der Waals surface area contributed by atoms with Gasteiger partial charge in [-0.2, -0.15) is 0 Å². The summed E-state index contributed by atoms with van der Waals surface area (Å²) < 4.78 is 0. The molecule has 0 atom stereocenters. The molecule has 1 aliphatic heterocycles. The average molecular weight is 449 g/mol. The summed E-state index contributed by atoms with van der Waals surface area (Å²) in [4.78, 5) is 43.8. The van der Waals surface area contributed by atoms with Crippen LogP contribution in [0.3, 0.4) is 0 Å². The number of carboxylic acids is 1. The van der Waals surface area contributed by atoms with Gasteiger partial charge in [0.1, 0.15) is 5.69 Å². The van der Waals surface area contributed by atoms with Gasteiger partial charge in [0, 0.05) is 58.8 Å². The van der Waals surface area contributed by atoms with Crippen LogP contribution in [0, 0.1) is 0 Å². The molecule has 0 saturated carbocycles. The van der Waals surface area contributed by atoms with E-state index in [9.17, 15) is 14.4 Å². The fourth-order valence-corrected chi connectivity index (χ4v) is 3.45. The van der Waals surface area contributed by atoms with Crippen molar-refractivity contribution in [2.75, 3.05) is 52.4 Å². The van der Waals surface area contributed by atoms with Crippen molar-refractivity contribution in [3.8, 4) is 0 Å². The molecular weight excluding hydrogens is 412 g/mol. The predicted octanol–water partition coefficient (Wildman–Crippen LogP) is -0.0920. The molecule has 1 saturated heterocycles. The van der Waals surface area contributed by atoms with Crippen molar-refractivity contribution in [3.63, 3.8) is 0 Å². The highest BCUT2D eigenvalue weighted by Gasteiger charge is 2.23. The van der Waals surface area contributed by atoms with Crippen LogP contribution in [0.25, 0.3) is 0 Å². The Hall–Kier alpha value is -2.56. The normalized spacial score (nSPS) is 16.5. The number of hydrogen-bond donors (Lipinski definition) is 4. The first-order valence-electron chi connectivity index (χ1n) is 11.1. The molecule has 2 amide bonds. The van der Waals surface area contributed by atoms with E-state index in [1.165, 1.54) is 6.07 Å². The van der Waals surface area contributed by atoms with Crippen molar-refractivity contribution in [2.45, 2.75) is 39.3 Å². The monoisotopic (exact) mass is 448 g/mol. The average Bonchev–Trinajstić information content (AvgIpc) is 2.84. The Bertz CT molecular complexity index is 785. The standard InChI is InChI=1S/C22H36N6O4/c1-4-19(29)24-16-22(2,3)26-20(30)15-28-11-9-23-8-10-27(12-13-28)14-17-6-5-7-18(25-17)21(31)32/h5-7,23H,4,8-16H2,1-3H3,(H,24,29)(H,26,30)(H,31,32). The third-order valence-corrected chi connectivity index (χ3v) is 5.25. The van der Waals surface area contributed by atoms with Crippen LogP contribution in [0.5, 0.6) is 0 Å². The number of rotatable bonds is 9. The number of nitrogens with one attached hydrogen (secondary N) is 3. The minimum Gasteiger partial charge on any atom is -0.477 e. The maximum absolute atomic E-state index is 12.6. The Morgan fingerprint density at radius 2 is 1.78 bits per heavy atom. The maximum Gasteiger partial charge on any atom is 0.354 e. The molecule has 1 aliphatic rings. The van der Waals surface area contributed by atoms with Gasteiger partial charge >= 0.3 is 5.97 Å². The van der Waals surface area contributed by atoms with Gasteiger partial charge in [-0.15, -0.1) is 0 Å². The van der Waals surface area contributed by atoms with Crippen LogP contribution in [0.1, 0.15) is 43.4 Å². The zero-order valence-corrected chi connectivity index (χ0v) is 19.3. The highest BCUT2D eigenvalue weighted by molar-refractivity contribution is 5.85. The molecule has 0 bridgehead atoms. The molecule has 2 heterocycles. The molecule has 2 rings (SSSR count). The van der Waals surface area contributed by atoms with Gasteiger partial charge in [-0.1, -0.05) is 13.0 Å². The van der Waals surface area contributed by atoms with Crippen LogP contribution in [0.15, 0.2) is 18.2 Å². The molecule has 1 aromatic rings. The first-order chi connectivity index (χ1) is 15.2. The van der Waals surface area contributed by atoms with E-state index < -0.39 is 11.5 Å². The number of aromatic nitrogens is 1. The van der Waals surface area contributed by atoms with Crippen molar-refractivity contribution >= 4 is 17.8 Å². The predicted molar refractivity (Wildman–Crippen MR) is 121 cm³/mol. The van der Waals surface area contributed by atoms with Gasteiger partial charge in [0.2, 0.25) is 11.8 Å². The molecule has 0 radical (unpaired) electrons. The minimum absolute atomic E-state index is 0.0399. The molecule has 178 valence electrons. The molecule has 1 fully saturated rings. The minimum atomic E-state index is -1.03. The Labute approximate surface area is 189 Å². The summed E-state index contributed by atoms with van der Waals surface area (Å²) in [6, 6.07) is 5.03. The van der Waals surface area contributed by atoms with Crippen LogP contribution < -0.4 is 16.0 Å². The summed E-state index contributed by atoms with van der Waals surface area (Å²) >= 11 is 0. The lowest BCUT2D eigenvalue weighted by Crippen LogP contribution is -2.54. The van der Waals surface area contributed by atoms with E-state index in [1.54, 1.807) is 13.0 Å². The molecule has 32 heavy (non-hydrogen) atoms. The number of carbonyl (C=O) groups is 3. The number of amides is 2. The fourth-order valence-electron chi connectivity index (χ4n) is 3.45. The number of carbonyl (C=O) groups excluding carboxylic acids is 2. The summed E-state index contributed by atoms with van der Waals surface area (Å²) in [7, 11) is 0. The first-order valence-corrected chi connectivity index (χ1v) is 11.1. The second kappa shape index (κ2) is 12.5. The summed E-state index contributed by atoms with van der Waals surface area (Å²) in [5.74, 6) is -1.16. The first kappa shape index (κ1) is 25.7. The SMILES string of the molecule is CCC(=O)NCC(C)(C)NC(=O)CN1CCNCCN(Cc2cccc(C(=O)O)n2)CC1. The molecule has 10 heteroatoms. The molecule has 0 aliphatic carbocycles. The highest BCUT2D eigenvalue weighted by atomic mass is 16.4. The molecule has 10 nitrogen and oxygen atoms in total. The van der Waals surface area contributed by atoms with Crippen molar-refractivity contribution in [3.05, 3.63) is 29.6 Å². The van der Waals surface area contributed by atoms with Crippen LogP contribution in [0.2, 0.25) is 0 Å². The summed E-state index contributed by atoms with van der Waals surface area (Å²) in [6.07, 6.45) is 0.414. The van der Waals surface area contributed by atoms with Crippen molar-refractivity contribution in [1.29, 1.82) is 0 Å². The zero-order chi connectivity index (χ0) is 23.6. The molecule has 0 aromatic carbocycles. The number of carboxylic acid groups (broad SMARTS) is 1. The molecule has 0 spiro atoms. The van der Waals surface area contributed by atoms with Gasteiger partial charge in [0.25, 0.3) is 0 Å². The topological polar surface area (TPSA) is 127 Å². The third-order valence-electron chi connectivity index (χ3n) is 5.25. The van der Waals surface area contributed by atoms with E-state index in [0.29, 0.717) is 31.7 Å². The van der Waals surface area contributed by atoms with E-state index in [4.69, 9.17) is 5.11 Å². The van der Waals surface area contributed by atoms with E-state index in [1.807, 2.05) is 19.9 Å². The van der Waals surface area contributed by atoms with E-state index in [0.717, 1.165) is 32.7 Å². The molecular formula is C22H36N6O4. The Kier molecular flexibility index (Phi) is 10.0. The van der Waals surface area contributed by atoms with Crippen molar-refractivity contribution in [1.82, 2.24) is 30.7 Å². The Morgan fingerprint density at radius 1 is 1.09 bits per heavy atom. The van der Waals surface area contributed by atoms with Crippen molar-refractivity contribution < 1.29 is 19.5 Å². The zero-order valence-electron chi connectivity index (χ0n) is 19.3. The summed E-state index contributed by atoms with van der Waals surface area (Å²) in [5.41, 5.74) is 0.220. The van der Waals surface area contributed by atoms with Gasteiger partial charge in [-0.3, -0.25) is 19.4 Å². The fraction of sp³-hybridized carbons (Fsp3) is 0.636. The molecule has 1 aromatic heterocycles. The number of hydrogen-bond acceptors (Lipinski definition) is 7. The van der Waals surface area contributed by atoms with Crippen LogP contribution in [-0.2, 0) is 16.1 Å². The lowest BCUT2D eigenvalue weighted by atomic mass is 10.1. The Balaban J connectivity index is 1.89. The number of pyridine rings is 1. The van der Waals surface area contributed by atoms with Crippen LogP contribution in [0.4, 0.5) is 0 Å². The summed E-state index contributed by atoms with van der Waals surface area (Å²) in [6.45, 7) is 11.4. The largest absolute Gasteiger partial charge is 0.477 e. The van der Waals surface area contributed by atoms with E-state index in [2.05, 4.69) is 30.7 Å². The summed E-state index contributed by atoms with van der Waals surface area (Å²) in [5, 5.41) is 18.4. The van der Waals surface area contributed by atoms with Crippen LogP contribution >= 0.6 is 0 Å². The maximum atomic E-state index is 12.6. The van der Waals surface area contributed by atoms with Gasteiger partial charge in [0.05, 0.1) is 17.8 Å². The smallest absolute Gasteiger partial charge is 0.354 e. The second-order valence-electron chi connectivity index (χ2n) is 8.68. The highest BCUT2D eigenvalue weighted by Crippen LogP contribution is 2.06. The third kappa shape index (κ3) is 9.29. The van der Waals surface area contributed by atoms with Gasteiger partial charge in [0.15, 0.2) is 0 Å².